The third-order valence-electron chi connectivity index (χ3n) is 2.47. The zero-order valence-electron chi connectivity index (χ0n) is 9.35. The molecule has 0 fully saturated rings. The van der Waals surface area contributed by atoms with E-state index in [9.17, 15) is 8.78 Å². The van der Waals surface area contributed by atoms with Crippen molar-refractivity contribution in [2.24, 2.45) is 5.16 Å². The van der Waals surface area contributed by atoms with Gasteiger partial charge in [0, 0.05) is 18.8 Å². The summed E-state index contributed by atoms with van der Waals surface area (Å²) in [5, 5.41) is 11.9. The van der Waals surface area contributed by atoms with Crippen LogP contribution in [-0.2, 0) is 6.42 Å². The SMILES string of the molecule is ON=C(Cc1cccnc1)c1c(F)cccc1F. The predicted molar refractivity (Wildman–Crippen MR) is 62.6 cm³/mol. The molecule has 2 aromatic rings. The van der Waals surface area contributed by atoms with E-state index in [1.165, 1.54) is 6.07 Å². The minimum atomic E-state index is -0.758. The summed E-state index contributed by atoms with van der Waals surface area (Å²) in [6.07, 6.45) is 3.23. The molecule has 0 amide bonds. The molecule has 18 heavy (non-hydrogen) atoms. The highest BCUT2D eigenvalue weighted by Gasteiger charge is 2.16. The normalized spacial score (nSPS) is 11.6. The average Bonchev–Trinajstić information content (AvgIpc) is 2.38. The smallest absolute Gasteiger partial charge is 0.135 e. The van der Waals surface area contributed by atoms with Gasteiger partial charge in [0.1, 0.15) is 11.6 Å². The molecule has 1 N–H and O–H groups in total. The Hall–Kier alpha value is -2.30. The summed E-state index contributed by atoms with van der Waals surface area (Å²) in [4.78, 5) is 3.89. The number of aromatic nitrogens is 1. The molecule has 0 aliphatic heterocycles. The number of pyridine rings is 1. The Morgan fingerprint density at radius 1 is 1.17 bits per heavy atom. The van der Waals surface area contributed by atoms with Crippen LogP contribution in [0, 0.1) is 11.6 Å². The second-order valence-electron chi connectivity index (χ2n) is 3.68. The number of benzene rings is 1. The Morgan fingerprint density at radius 2 is 1.89 bits per heavy atom. The van der Waals surface area contributed by atoms with Gasteiger partial charge in [-0.25, -0.2) is 8.78 Å². The Kier molecular flexibility index (Phi) is 3.62. The molecule has 1 aromatic heterocycles. The molecule has 0 atom stereocenters. The van der Waals surface area contributed by atoms with Gasteiger partial charge in [-0.15, -0.1) is 0 Å². The molecule has 0 spiro atoms. The minimum Gasteiger partial charge on any atom is -0.411 e. The Balaban J connectivity index is 2.36. The van der Waals surface area contributed by atoms with Crippen LogP contribution in [0.1, 0.15) is 11.1 Å². The third kappa shape index (κ3) is 2.51. The van der Waals surface area contributed by atoms with E-state index in [-0.39, 0.29) is 17.7 Å². The van der Waals surface area contributed by atoms with E-state index in [4.69, 9.17) is 5.21 Å². The lowest BCUT2D eigenvalue weighted by Crippen LogP contribution is -2.10. The maximum Gasteiger partial charge on any atom is 0.135 e. The monoisotopic (exact) mass is 248 g/mol. The fourth-order valence-electron chi connectivity index (χ4n) is 1.64. The van der Waals surface area contributed by atoms with Crippen molar-refractivity contribution in [2.75, 3.05) is 0 Å². The molecule has 3 nitrogen and oxygen atoms in total. The summed E-state index contributed by atoms with van der Waals surface area (Å²) in [5.74, 6) is -1.52. The van der Waals surface area contributed by atoms with Gasteiger partial charge in [0.2, 0.25) is 0 Å². The van der Waals surface area contributed by atoms with Crippen LogP contribution in [0.15, 0.2) is 47.9 Å². The van der Waals surface area contributed by atoms with Gasteiger partial charge < -0.3 is 5.21 Å². The first-order chi connectivity index (χ1) is 8.72. The van der Waals surface area contributed by atoms with Crippen molar-refractivity contribution >= 4 is 5.71 Å². The Bertz CT molecular complexity index is 550. The summed E-state index contributed by atoms with van der Waals surface area (Å²) in [6, 6.07) is 6.92. The summed E-state index contributed by atoms with van der Waals surface area (Å²) >= 11 is 0. The largest absolute Gasteiger partial charge is 0.411 e. The van der Waals surface area contributed by atoms with E-state index in [2.05, 4.69) is 10.1 Å². The van der Waals surface area contributed by atoms with Crippen LogP contribution in [0.5, 0.6) is 0 Å². The van der Waals surface area contributed by atoms with E-state index >= 15 is 0 Å². The first kappa shape index (κ1) is 12.2. The molecule has 2 rings (SSSR count). The van der Waals surface area contributed by atoms with Crippen molar-refractivity contribution in [3.05, 3.63) is 65.5 Å². The van der Waals surface area contributed by atoms with Gasteiger partial charge in [0.05, 0.1) is 11.3 Å². The number of oxime groups is 1. The second kappa shape index (κ2) is 5.35. The highest BCUT2D eigenvalue weighted by Crippen LogP contribution is 2.15. The van der Waals surface area contributed by atoms with Crippen LogP contribution in [-0.4, -0.2) is 15.9 Å². The van der Waals surface area contributed by atoms with Crippen molar-refractivity contribution in [2.45, 2.75) is 6.42 Å². The summed E-state index contributed by atoms with van der Waals surface area (Å²) in [6.45, 7) is 0. The van der Waals surface area contributed by atoms with Gasteiger partial charge in [-0.3, -0.25) is 4.98 Å². The highest BCUT2D eigenvalue weighted by molar-refractivity contribution is 6.01. The first-order valence-corrected chi connectivity index (χ1v) is 5.26. The fraction of sp³-hybridized carbons (Fsp3) is 0.0769. The van der Waals surface area contributed by atoms with Crippen molar-refractivity contribution < 1.29 is 14.0 Å². The van der Waals surface area contributed by atoms with Crippen LogP contribution in [0.3, 0.4) is 0 Å². The van der Waals surface area contributed by atoms with Crippen LogP contribution in [0.4, 0.5) is 8.78 Å². The number of hydrogen-bond acceptors (Lipinski definition) is 3. The third-order valence-corrected chi connectivity index (χ3v) is 2.47. The van der Waals surface area contributed by atoms with Crippen LogP contribution in [0.25, 0.3) is 0 Å². The predicted octanol–water partition coefficient (Wildman–Crippen LogP) is 2.78. The van der Waals surface area contributed by atoms with E-state index in [0.29, 0.717) is 5.56 Å². The van der Waals surface area contributed by atoms with Crippen molar-refractivity contribution in [1.82, 2.24) is 4.98 Å². The second-order valence-corrected chi connectivity index (χ2v) is 3.68. The van der Waals surface area contributed by atoms with Gasteiger partial charge >= 0.3 is 0 Å². The van der Waals surface area contributed by atoms with Crippen molar-refractivity contribution in [1.29, 1.82) is 0 Å². The van der Waals surface area contributed by atoms with Gasteiger partial charge in [-0.1, -0.05) is 17.3 Å². The molecule has 0 unspecified atom stereocenters. The lowest BCUT2D eigenvalue weighted by atomic mass is 10.0. The highest BCUT2D eigenvalue weighted by atomic mass is 19.1. The first-order valence-electron chi connectivity index (χ1n) is 5.26. The van der Waals surface area contributed by atoms with E-state index in [1.807, 2.05) is 0 Å². The Morgan fingerprint density at radius 3 is 2.44 bits per heavy atom. The number of hydrogen-bond donors (Lipinski definition) is 1. The van der Waals surface area contributed by atoms with Crippen LogP contribution >= 0.6 is 0 Å². The van der Waals surface area contributed by atoms with E-state index in [0.717, 1.165) is 12.1 Å². The van der Waals surface area contributed by atoms with Gasteiger partial charge in [-0.05, 0) is 23.8 Å². The van der Waals surface area contributed by atoms with Crippen molar-refractivity contribution in [3.8, 4) is 0 Å². The zero-order chi connectivity index (χ0) is 13.0. The van der Waals surface area contributed by atoms with E-state index in [1.54, 1.807) is 24.5 Å². The molecule has 5 heteroatoms. The zero-order valence-corrected chi connectivity index (χ0v) is 9.35. The molecule has 0 bridgehead atoms. The minimum absolute atomic E-state index is 0.0707. The lowest BCUT2D eigenvalue weighted by molar-refractivity contribution is 0.318. The molecule has 0 radical (unpaired) electrons. The molecule has 0 saturated carbocycles. The van der Waals surface area contributed by atoms with Gasteiger partial charge in [0.25, 0.3) is 0 Å². The number of rotatable bonds is 3. The average molecular weight is 248 g/mol. The molecule has 1 aromatic carbocycles. The van der Waals surface area contributed by atoms with Crippen molar-refractivity contribution in [3.63, 3.8) is 0 Å². The topological polar surface area (TPSA) is 45.5 Å². The molecular weight excluding hydrogens is 238 g/mol. The van der Waals surface area contributed by atoms with Gasteiger partial charge in [-0.2, -0.15) is 0 Å². The standard InChI is InChI=1S/C13H10F2N2O/c14-10-4-1-5-11(15)13(10)12(17-18)7-9-3-2-6-16-8-9/h1-6,8,18H,7H2. The molecule has 92 valence electrons. The molecular formula is C13H10F2N2O. The fourth-order valence-corrected chi connectivity index (χ4v) is 1.64. The molecule has 0 saturated heterocycles. The lowest BCUT2D eigenvalue weighted by Gasteiger charge is -2.07. The van der Waals surface area contributed by atoms with Crippen LogP contribution in [0.2, 0.25) is 0 Å². The van der Waals surface area contributed by atoms with Crippen LogP contribution < -0.4 is 0 Å². The maximum atomic E-state index is 13.5. The maximum absolute atomic E-state index is 13.5. The molecule has 1 heterocycles. The summed E-state index contributed by atoms with van der Waals surface area (Å²) in [7, 11) is 0. The number of nitrogens with zero attached hydrogens (tertiary/aromatic N) is 2. The summed E-state index contributed by atoms with van der Waals surface area (Å²) < 4.78 is 27.1. The number of halogens is 2. The Labute approximate surface area is 102 Å². The molecule has 0 aliphatic carbocycles. The van der Waals surface area contributed by atoms with E-state index < -0.39 is 11.6 Å². The molecule has 0 aliphatic rings. The summed E-state index contributed by atoms with van der Waals surface area (Å²) in [5.41, 5.74) is 0.315. The quantitative estimate of drug-likeness (QED) is 0.515. The van der Waals surface area contributed by atoms with Gasteiger partial charge in [0.15, 0.2) is 0 Å².